The molecular formula is C12H19N3O3. The van der Waals surface area contributed by atoms with Gasteiger partial charge in [-0.25, -0.2) is 0 Å². The number of rotatable bonds is 5. The summed E-state index contributed by atoms with van der Waals surface area (Å²) in [5, 5.41) is 18.2. The van der Waals surface area contributed by atoms with Gasteiger partial charge in [0.25, 0.3) is 5.91 Å². The molecule has 0 fully saturated rings. The van der Waals surface area contributed by atoms with Gasteiger partial charge in [-0.1, -0.05) is 0 Å². The van der Waals surface area contributed by atoms with Crippen molar-refractivity contribution in [1.29, 1.82) is 0 Å². The number of carbonyl (C=O) groups excluding carboxylic acids is 1. The first-order valence-corrected chi connectivity index (χ1v) is 5.79. The van der Waals surface area contributed by atoms with Gasteiger partial charge in [0.1, 0.15) is 0 Å². The Hall–Kier alpha value is -1.85. The second kappa shape index (κ2) is 5.20. The molecular weight excluding hydrogens is 234 g/mol. The SMILES string of the molecule is Cc1n[nH]c(C)c1C(=O)NC(C)(C)CCC(=O)O. The van der Waals surface area contributed by atoms with Crippen molar-refractivity contribution < 1.29 is 14.7 Å². The Balaban J connectivity index is 2.72. The summed E-state index contributed by atoms with van der Waals surface area (Å²) in [7, 11) is 0. The number of aryl methyl sites for hydroxylation is 2. The van der Waals surface area contributed by atoms with Crippen LogP contribution in [-0.4, -0.2) is 32.7 Å². The van der Waals surface area contributed by atoms with Crippen molar-refractivity contribution in [2.45, 2.75) is 46.1 Å². The zero-order valence-corrected chi connectivity index (χ0v) is 11.1. The Kier molecular flexibility index (Phi) is 4.11. The van der Waals surface area contributed by atoms with Crippen molar-refractivity contribution in [3.05, 3.63) is 17.0 Å². The summed E-state index contributed by atoms with van der Waals surface area (Å²) in [6.45, 7) is 7.14. The number of hydrogen-bond donors (Lipinski definition) is 3. The first kappa shape index (κ1) is 14.2. The Morgan fingerprint density at radius 1 is 1.39 bits per heavy atom. The highest BCUT2D eigenvalue weighted by Crippen LogP contribution is 2.15. The molecule has 0 bridgehead atoms. The van der Waals surface area contributed by atoms with Crippen LogP contribution in [0.15, 0.2) is 0 Å². The summed E-state index contributed by atoms with van der Waals surface area (Å²) in [5.41, 5.74) is 1.31. The Morgan fingerprint density at radius 3 is 2.44 bits per heavy atom. The molecule has 6 nitrogen and oxygen atoms in total. The number of aromatic amines is 1. The second-order valence-electron chi connectivity index (χ2n) is 5.04. The number of carboxylic acid groups (broad SMARTS) is 1. The highest BCUT2D eigenvalue weighted by molar-refractivity contribution is 5.96. The molecule has 0 aliphatic heterocycles. The van der Waals surface area contributed by atoms with Crippen LogP contribution in [0.3, 0.4) is 0 Å². The number of amides is 1. The van der Waals surface area contributed by atoms with E-state index in [0.29, 0.717) is 23.4 Å². The lowest BCUT2D eigenvalue weighted by atomic mass is 9.97. The van der Waals surface area contributed by atoms with E-state index in [2.05, 4.69) is 15.5 Å². The molecule has 1 aromatic rings. The Labute approximate surface area is 106 Å². The third kappa shape index (κ3) is 3.58. The summed E-state index contributed by atoms with van der Waals surface area (Å²) >= 11 is 0. The van der Waals surface area contributed by atoms with Crippen LogP contribution in [0.25, 0.3) is 0 Å². The van der Waals surface area contributed by atoms with Gasteiger partial charge in [-0.3, -0.25) is 14.7 Å². The third-order valence-corrected chi connectivity index (χ3v) is 2.77. The number of aliphatic carboxylic acids is 1. The lowest BCUT2D eigenvalue weighted by molar-refractivity contribution is -0.137. The predicted molar refractivity (Wildman–Crippen MR) is 66.5 cm³/mol. The van der Waals surface area contributed by atoms with Gasteiger partial charge in [-0.2, -0.15) is 5.10 Å². The van der Waals surface area contributed by atoms with Crippen molar-refractivity contribution >= 4 is 11.9 Å². The topological polar surface area (TPSA) is 95.1 Å². The normalized spacial score (nSPS) is 11.3. The van der Waals surface area contributed by atoms with Crippen molar-refractivity contribution in [2.24, 2.45) is 0 Å². The molecule has 0 saturated heterocycles. The number of hydrogen-bond acceptors (Lipinski definition) is 3. The molecule has 3 N–H and O–H groups in total. The van der Waals surface area contributed by atoms with Crippen LogP contribution in [0.2, 0.25) is 0 Å². The molecule has 1 heterocycles. The zero-order valence-electron chi connectivity index (χ0n) is 11.1. The number of carboxylic acids is 1. The molecule has 0 aliphatic carbocycles. The van der Waals surface area contributed by atoms with E-state index in [-0.39, 0.29) is 12.3 Å². The van der Waals surface area contributed by atoms with Crippen LogP contribution in [-0.2, 0) is 4.79 Å². The number of H-pyrrole nitrogens is 1. The first-order valence-electron chi connectivity index (χ1n) is 5.79. The molecule has 0 aromatic carbocycles. The maximum atomic E-state index is 12.1. The van der Waals surface area contributed by atoms with Crippen molar-refractivity contribution in [1.82, 2.24) is 15.5 Å². The minimum absolute atomic E-state index is 0.0244. The number of nitrogens with one attached hydrogen (secondary N) is 2. The van der Waals surface area contributed by atoms with Crippen LogP contribution in [0.1, 0.15) is 48.4 Å². The zero-order chi connectivity index (χ0) is 13.9. The van der Waals surface area contributed by atoms with E-state index in [9.17, 15) is 9.59 Å². The molecule has 0 radical (unpaired) electrons. The molecule has 6 heteroatoms. The van der Waals surface area contributed by atoms with Gasteiger partial charge in [0, 0.05) is 17.7 Å². The molecule has 1 rings (SSSR count). The van der Waals surface area contributed by atoms with E-state index in [0.717, 1.165) is 0 Å². The highest BCUT2D eigenvalue weighted by Gasteiger charge is 2.24. The maximum Gasteiger partial charge on any atom is 0.303 e. The quantitative estimate of drug-likeness (QED) is 0.739. The van der Waals surface area contributed by atoms with E-state index in [4.69, 9.17) is 5.11 Å². The van der Waals surface area contributed by atoms with Gasteiger partial charge in [-0.15, -0.1) is 0 Å². The number of nitrogens with zero attached hydrogens (tertiary/aromatic N) is 1. The van der Waals surface area contributed by atoms with Crippen LogP contribution >= 0.6 is 0 Å². The van der Waals surface area contributed by atoms with Gasteiger partial charge in [0.15, 0.2) is 0 Å². The van der Waals surface area contributed by atoms with Crippen molar-refractivity contribution in [2.75, 3.05) is 0 Å². The summed E-state index contributed by atoms with van der Waals surface area (Å²) < 4.78 is 0. The largest absolute Gasteiger partial charge is 0.481 e. The Bertz CT molecular complexity index is 444. The van der Waals surface area contributed by atoms with Crippen LogP contribution in [0.4, 0.5) is 0 Å². The Morgan fingerprint density at radius 2 is 2.00 bits per heavy atom. The van der Waals surface area contributed by atoms with E-state index in [1.54, 1.807) is 27.7 Å². The smallest absolute Gasteiger partial charge is 0.303 e. The fraction of sp³-hybridized carbons (Fsp3) is 0.583. The van der Waals surface area contributed by atoms with Gasteiger partial charge in [-0.05, 0) is 34.1 Å². The monoisotopic (exact) mass is 253 g/mol. The highest BCUT2D eigenvalue weighted by atomic mass is 16.4. The standard InChI is InChI=1S/C12H19N3O3/c1-7-10(8(2)15-14-7)11(18)13-12(3,4)6-5-9(16)17/h5-6H2,1-4H3,(H,13,18)(H,14,15)(H,16,17). The average Bonchev–Trinajstić information content (AvgIpc) is 2.55. The second-order valence-corrected chi connectivity index (χ2v) is 5.04. The van der Waals surface area contributed by atoms with Gasteiger partial charge >= 0.3 is 5.97 Å². The van der Waals surface area contributed by atoms with Crippen LogP contribution < -0.4 is 5.32 Å². The molecule has 1 aromatic heterocycles. The minimum Gasteiger partial charge on any atom is -0.481 e. The molecule has 18 heavy (non-hydrogen) atoms. The minimum atomic E-state index is -0.868. The fourth-order valence-corrected chi connectivity index (χ4v) is 1.74. The van der Waals surface area contributed by atoms with Crippen molar-refractivity contribution in [3.8, 4) is 0 Å². The number of carbonyl (C=O) groups is 2. The molecule has 0 spiro atoms. The van der Waals surface area contributed by atoms with Gasteiger partial charge in [0.2, 0.25) is 0 Å². The molecule has 100 valence electrons. The first-order chi connectivity index (χ1) is 8.23. The molecule has 0 atom stereocenters. The molecule has 0 aliphatic rings. The lowest BCUT2D eigenvalue weighted by Gasteiger charge is -2.25. The van der Waals surface area contributed by atoms with E-state index < -0.39 is 11.5 Å². The lowest BCUT2D eigenvalue weighted by Crippen LogP contribution is -2.44. The molecule has 0 saturated carbocycles. The summed E-state index contributed by atoms with van der Waals surface area (Å²) in [6, 6.07) is 0. The van der Waals surface area contributed by atoms with Gasteiger partial charge < -0.3 is 10.4 Å². The predicted octanol–water partition coefficient (Wildman–Crippen LogP) is 1.40. The van der Waals surface area contributed by atoms with Crippen molar-refractivity contribution in [3.63, 3.8) is 0 Å². The average molecular weight is 253 g/mol. The third-order valence-electron chi connectivity index (χ3n) is 2.77. The fourth-order valence-electron chi connectivity index (χ4n) is 1.74. The summed E-state index contributed by atoms with van der Waals surface area (Å²) in [6.07, 6.45) is 0.403. The summed E-state index contributed by atoms with van der Waals surface area (Å²) in [4.78, 5) is 22.6. The van der Waals surface area contributed by atoms with E-state index >= 15 is 0 Å². The molecule has 1 amide bonds. The van der Waals surface area contributed by atoms with Gasteiger partial charge in [0.05, 0.1) is 11.3 Å². The van der Waals surface area contributed by atoms with Crippen LogP contribution in [0, 0.1) is 13.8 Å². The van der Waals surface area contributed by atoms with Crippen LogP contribution in [0.5, 0.6) is 0 Å². The molecule has 0 unspecified atom stereocenters. The van der Waals surface area contributed by atoms with E-state index in [1.165, 1.54) is 0 Å². The van der Waals surface area contributed by atoms with E-state index in [1.807, 2.05) is 0 Å². The maximum absolute atomic E-state index is 12.1. The number of aromatic nitrogens is 2. The summed E-state index contributed by atoms with van der Waals surface area (Å²) in [5.74, 6) is -1.10.